The molecule has 1 amide bonds. The van der Waals surface area contributed by atoms with E-state index >= 15 is 0 Å². The second-order valence-corrected chi connectivity index (χ2v) is 6.62. The van der Waals surface area contributed by atoms with E-state index in [0.717, 1.165) is 29.6 Å². The smallest absolute Gasteiger partial charge is 0.229 e. The highest BCUT2D eigenvalue weighted by molar-refractivity contribution is 7.10. The number of para-hydroxylation sites is 1. The summed E-state index contributed by atoms with van der Waals surface area (Å²) in [6, 6.07) is 9.94. The van der Waals surface area contributed by atoms with Gasteiger partial charge in [0.15, 0.2) is 5.58 Å². The monoisotopic (exact) mass is 312 g/mol. The van der Waals surface area contributed by atoms with Gasteiger partial charge in [-0.15, -0.1) is 11.3 Å². The number of amides is 1. The third kappa shape index (κ3) is 2.13. The maximum atomic E-state index is 12.7. The van der Waals surface area contributed by atoms with Crippen molar-refractivity contribution in [1.29, 1.82) is 0 Å². The lowest BCUT2D eigenvalue weighted by molar-refractivity contribution is -0.133. The highest BCUT2D eigenvalue weighted by Gasteiger charge is 2.29. The van der Waals surface area contributed by atoms with Crippen molar-refractivity contribution < 1.29 is 9.32 Å². The number of carbonyl (C=O) groups excluding carboxylic acids is 1. The third-order valence-corrected chi connectivity index (χ3v) is 5.36. The van der Waals surface area contributed by atoms with E-state index in [9.17, 15) is 4.79 Å². The molecule has 0 N–H and O–H groups in total. The molecule has 4 rings (SSSR count). The minimum Gasteiger partial charge on any atom is -0.356 e. The Hall–Kier alpha value is -2.14. The highest BCUT2D eigenvalue weighted by atomic mass is 32.1. The van der Waals surface area contributed by atoms with Crippen LogP contribution in [0.1, 0.15) is 29.1 Å². The lowest BCUT2D eigenvalue weighted by Crippen LogP contribution is -2.39. The van der Waals surface area contributed by atoms with E-state index in [1.54, 1.807) is 11.3 Å². The van der Waals surface area contributed by atoms with Crippen LogP contribution in [0.5, 0.6) is 0 Å². The molecule has 1 unspecified atom stereocenters. The summed E-state index contributed by atoms with van der Waals surface area (Å²) in [6.07, 6.45) is 1.24. The first-order valence-electron chi connectivity index (χ1n) is 7.43. The number of hydrogen-bond acceptors (Lipinski definition) is 4. The molecule has 5 heteroatoms. The van der Waals surface area contributed by atoms with E-state index in [1.165, 1.54) is 10.4 Å². The van der Waals surface area contributed by atoms with Crippen molar-refractivity contribution in [1.82, 2.24) is 10.1 Å². The first-order chi connectivity index (χ1) is 10.7. The number of thiophene rings is 1. The Bertz CT molecular complexity index is 836. The van der Waals surface area contributed by atoms with Crippen LogP contribution in [-0.2, 0) is 17.6 Å². The molecule has 0 aliphatic carbocycles. The van der Waals surface area contributed by atoms with Crippen LogP contribution in [0, 0.1) is 0 Å². The minimum atomic E-state index is 0.114. The van der Waals surface area contributed by atoms with Gasteiger partial charge >= 0.3 is 0 Å². The molecule has 0 radical (unpaired) electrons. The molecule has 0 saturated heterocycles. The lowest BCUT2D eigenvalue weighted by Gasteiger charge is -2.33. The van der Waals surface area contributed by atoms with Gasteiger partial charge in [0.05, 0.1) is 12.5 Å². The minimum absolute atomic E-state index is 0.114. The normalized spacial score (nSPS) is 17.7. The Balaban J connectivity index is 1.58. The maximum Gasteiger partial charge on any atom is 0.229 e. The Morgan fingerprint density at radius 2 is 2.27 bits per heavy atom. The molecule has 22 heavy (non-hydrogen) atoms. The molecule has 3 heterocycles. The van der Waals surface area contributed by atoms with Crippen molar-refractivity contribution in [3.05, 3.63) is 51.8 Å². The average Bonchev–Trinajstić information content (AvgIpc) is 3.15. The average molecular weight is 312 g/mol. The number of aromatic nitrogens is 1. The molecular formula is C17H16N2O2S. The third-order valence-electron chi connectivity index (χ3n) is 4.37. The van der Waals surface area contributed by atoms with E-state index in [4.69, 9.17) is 4.52 Å². The van der Waals surface area contributed by atoms with Gasteiger partial charge < -0.3 is 9.42 Å². The summed E-state index contributed by atoms with van der Waals surface area (Å²) in [5, 5.41) is 7.11. The fraction of sp³-hybridized carbons (Fsp3) is 0.294. The van der Waals surface area contributed by atoms with Crippen molar-refractivity contribution in [2.45, 2.75) is 25.8 Å². The molecule has 4 nitrogen and oxygen atoms in total. The molecular weight excluding hydrogens is 296 g/mol. The van der Waals surface area contributed by atoms with Crippen molar-refractivity contribution in [3.8, 4) is 0 Å². The van der Waals surface area contributed by atoms with Crippen LogP contribution in [0.25, 0.3) is 11.0 Å². The van der Waals surface area contributed by atoms with Crippen LogP contribution < -0.4 is 0 Å². The Morgan fingerprint density at radius 1 is 1.41 bits per heavy atom. The largest absolute Gasteiger partial charge is 0.356 e. The maximum absolute atomic E-state index is 12.7. The van der Waals surface area contributed by atoms with Crippen LogP contribution in [0.3, 0.4) is 0 Å². The van der Waals surface area contributed by atoms with Gasteiger partial charge in [0.1, 0.15) is 5.69 Å². The predicted molar refractivity (Wildman–Crippen MR) is 85.9 cm³/mol. The zero-order valence-corrected chi connectivity index (χ0v) is 13.1. The highest BCUT2D eigenvalue weighted by Crippen LogP contribution is 2.33. The lowest BCUT2D eigenvalue weighted by atomic mass is 10.0. The van der Waals surface area contributed by atoms with Crippen LogP contribution in [0.2, 0.25) is 0 Å². The van der Waals surface area contributed by atoms with E-state index in [2.05, 4.69) is 23.5 Å². The molecule has 1 aliphatic heterocycles. The first kappa shape index (κ1) is 13.5. The molecule has 0 fully saturated rings. The number of benzene rings is 1. The summed E-state index contributed by atoms with van der Waals surface area (Å²) in [6.45, 7) is 2.88. The summed E-state index contributed by atoms with van der Waals surface area (Å²) < 4.78 is 5.29. The quantitative estimate of drug-likeness (QED) is 0.726. The van der Waals surface area contributed by atoms with E-state index < -0.39 is 0 Å². The standard InChI is InChI=1S/C17H16N2O2S/c1-11-12-7-9-22-16(12)6-8-19(11)17(20)10-14-13-4-2-3-5-15(13)21-18-14/h2-5,7,9,11H,6,8,10H2,1H3. The van der Waals surface area contributed by atoms with Gasteiger partial charge in [0, 0.05) is 16.8 Å². The van der Waals surface area contributed by atoms with Gasteiger partial charge in [-0.25, -0.2) is 0 Å². The number of rotatable bonds is 2. The number of hydrogen-bond donors (Lipinski definition) is 0. The molecule has 0 saturated carbocycles. The molecule has 1 aliphatic rings. The van der Waals surface area contributed by atoms with Crippen LogP contribution in [0.4, 0.5) is 0 Å². The Labute approximate surface area is 132 Å². The van der Waals surface area contributed by atoms with E-state index in [1.807, 2.05) is 29.2 Å². The summed E-state index contributed by atoms with van der Waals surface area (Å²) in [5.74, 6) is 0.114. The molecule has 0 spiro atoms. The predicted octanol–water partition coefficient (Wildman–Crippen LogP) is 3.58. The molecule has 1 atom stereocenters. The first-order valence-corrected chi connectivity index (χ1v) is 8.31. The Morgan fingerprint density at radius 3 is 3.18 bits per heavy atom. The van der Waals surface area contributed by atoms with Crippen LogP contribution >= 0.6 is 11.3 Å². The van der Waals surface area contributed by atoms with Gasteiger partial charge in [0.25, 0.3) is 0 Å². The van der Waals surface area contributed by atoms with E-state index in [0.29, 0.717) is 6.42 Å². The fourth-order valence-electron chi connectivity index (χ4n) is 3.16. The van der Waals surface area contributed by atoms with Crippen molar-refractivity contribution in [2.75, 3.05) is 6.54 Å². The fourth-order valence-corrected chi connectivity index (χ4v) is 4.12. The summed E-state index contributed by atoms with van der Waals surface area (Å²) in [5.41, 5.74) is 2.75. The molecule has 0 bridgehead atoms. The molecule has 1 aromatic carbocycles. The molecule has 112 valence electrons. The van der Waals surface area contributed by atoms with Gasteiger partial charge in [0.2, 0.25) is 5.91 Å². The zero-order chi connectivity index (χ0) is 15.1. The van der Waals surface area contributed by atoms with Gasteiger partial charge in [-0.3, -0.25) is 4.79 Å². The van der Waals surface area contributed by atoms with Crippen LogP contribution in [-0.4, -0.2) is 22.5 Å². The number of fused-ring (bicyclic) bond motifs is 2. The van der Waals surface area contributed by atoms with Gasteiger partial charge in [-0.2, -0.15) is 0 Å². The molecule has 3 aromatic rings. The van der Waals surface area contributed by atoms with Gasteiger partial charge in [-0.05, 0) is 42.5 Å². The van der Waals surface area contributed by atoms with E-state index in [-0.39, 0.29) is 11.9 Å². The Kier molecular flexibility index (Phi) is 3.22. The summed E-state index contributed by atoms with van der Waals surface area (Å²) in [7, 11) is 0. The second kappa shape index (κ2) is 5.25. The van der Waals surface area contributed by atoms with Crippen molar-refractivity contribution in [2.24, 2.45) is 0 Å². The van der Waals surface area contributed by atoms with Crippen LogP contribution in [0.15, 0.2) is 40.2 Å². The van der Waals surface area contributed by atoms with Crippen molar-refractivity contribution in [3.63, 3.8) is 0 Å². The summed E-state index contributed by atoms with van der Waals surface area (Å²) in [4.78, 5) is 16.1. The number of nitrogens with zero attached hydrogens (tertiary/aromatic N) is 2. The number of carbonyl (C=O) groups is 1. The molecule has 2 aromatic heterocycles. The topological polar surface area (TPSA) is 46.3 Å². The SMILES string of the molecule is CC1c2ccsc2CCN1C(=O)Cc1noc2ccccc12. The summed E-state index contributed by atoms with van der Waals surface area (Å²) >= 11 is 1.78. The van der Waals surface area contributed by atoms with Gasteiger partial charge in [-0.1, -0.05) is 17.3 Å². The van der Waals surface area contributed by atoms with Crippen molar-refractivity contribution >= 4 is 28.2 Å². The second-order valence-electron chi connectivity index (χ2n) is 5.61. The zero-order valence-electron chi connectivity index (χ0n) is 12.3.